The summed E-state index contributed by atoms with van der Waals surface area (Å²) in [6, 6.07) is 1.63. The Balaban J connectivity index is 2.74. The summed E-state index contributed by atoms with van der Waals surface area (Å²) in [5, 5.41) is 12.8. The Morgan fingerprint density at radius 3 is 3.00 bits per heavy atom. The number of ether oxygens (including phenoxy) is 1. The highest BCUT2D eigenvalue weighted by molar-refractivity contribution is 9.10. The zero-order chi connectivity index (χ0) is 11.0. The Hall–Kier alpha value is -1.56. The summed E-state index contributed by atoms with van der Waals surface area (Å²) in [5.74, 6) is -0.431. The first-order valence-corrected chi connectivity index (χ1v) is 4.87. The van der Waals surface area contributed by atoms with Crippen molar-refractivity contribution < 1.29 is 14.6 Å². The van der Waals surface area contributed by atoms with E-state index in [2.05, 4.69) is 21.0 Å². The molecule has 2 aromatic rings. The van der Waals surface area contributed by atoms with Crippen LogP contribution in [-0.4, -0.2) is 27.8 Å². The van der Waals surface area contributed by atoms with E-state index in [0.29, 0.717) is 11.3 Å². The maximum Gasteiger partial charge on any atom is 0.339 e. The molecule has 0 unspecified atom stereocenters. The van der Waals surface area contributed by atoms with E-state index in [4.69, 9.17) is 9.84 Å². The molecule has 0 saturated carbocycles. The van der Waals surface area contributed by atoms with Gasteiger partial charge in [-0.2, -0.15) is 5.10 Å². The van der Waals surface area contributed by atoms with Crippen LogP contribution in [-0.2, 0) is 0 Å². The molecule has 0 spiro atoms. The number of aromatic carboxylic acids is 1. The van der Waals surface area contributed by atoms with Crippen molar-refractivity contribution in [3.8, 4) is 5.75 Å². The fourth-order valence-corrected chi connectivity index (χ4v) is 1.77. The molecule has 0 aliphatic rings. The van der Waals surface area contributed by atoms with Crippen LogP contribution in [0.3, 0.4) is 0 Å². The van der Waals surface area contributed by atoms with Crippen LogP contribution in [0.1, 0.15) is 10.4 Å². The molecule has 78 valence electrons. The summed E-state index contributed by atoms with van der Waals surface area (Å²) in [7, 11) is 1.52. The largest absolute Gasteiger partial charge is 0.495 e. The molecule has 6 heteroatoms. The number of hydrogen-bond acceptors (Lipinski definition) is 3. The summed E-state index contributed by atoms with van der Waals surface area (Å²) in [5.41, 5.74) is 0.656. The zero-order valence-electron chi connectivity index (χ0n) is 7.77. The number of hydrogen-bond donors (Lipinski definition) is 1. The zero-order valence-corrected chi connectivity index (χ0v) is 9.35. The minimum absolute atomic E-state index is 0.154. The van der Waals surface area contributed by atoms with E-state index in [1.165, 1.54) is 17.8 Å². The molecule has 1 N–H and O–H groups in total. The lowest BCUT2D eigenvalue weighted by molar-refractivity contribution is 0.0699. The van der Waals surface area contributed by atoms with Crippen molar-refractivity contribution in [3.05, 3.63) is 28.5 Å². The van der Waals surface area contributed by atoms with Crippen LogP contribution in [0.4, 0.5) is 0 Å². The maximum absolute atomic E-state index is 10.9. The Morgan fingerprint density at radius 1 is 1.67 bits per heavy atom. The number of halogens is 1. The van der Waals surface area contributed by atoms with Gasteiger partial charge < -0.3 is 9.84 Å². The molecule has 2 aromatic heterocycles. The van der Waals surface area contributed by atoms with Crippen LogP contribution in [0.15, 0.2) is 22.9 Å². The van der Waals surface area contributed by atoms with E-state index in [0.717, 1.165) is 4.47 Å². The second-order valence-electron chi connectivity index (χ2n) is 2.88. The Bertz CT molecular complexity index is 535. The maximum atomic E-state index is 10.9. The molecule has 0 aliphatic carbocycles. The smallest absolute Gasteiger partial charge is 0.339 e. The lowest BCUT2D eigenvalue weighted by atomic mass is 10.2. The average molecular weight is 271 g/mol. The molecule has 0 bridgehead atoms. The lowest BCUT2D eigenvalue weighted by Crippen LogP contribution is -1.96. The number of pyridine rings is 1. The summed E-state index contributed by atoms with van der Waals surface area (Å²) in [4.78, 5) is 10.9. The van der Waals surface area contributed by atoms with Gasteiger partial charge in [-0.3, -0.25) is 0 Å². The van der Waals surface area contributed by atoms with Gasteiger partial charge in [-0.1, -0.05) is 0 Å². The molecule has 0 amide bonds. The Morgan fingerprint density at radius 2 is 2.40 bits per heavy atom. The minimum atomic E-state index is -1.01. The molecular weight excluding hydrogens is 264 g/mol. The molecule has 5 nitrogen and oxygen atoms in total. The molecule has 0 aromatic carbocycles. The molecule has 2 heterocycles. The van der Waals surface area contributed by atoms with E-state index >= 15 is 0 Å². The first kappa shape index (κ1) is 9.97. The predicted octanol–water partition coefficient (Wildman–Crippen LogP) is 1.80. The summed E-state index contributed by atoms with van der Waals surface area (Å²) in [6.07, 6.45) is 2.96. The third-order valence-corrected chi connectivity index (χ3v) is 2.62. The van der Waals surface area contributed by atoms with Gasteiger partial charge in [0.1, 0.15) is 11.3 Å². The topological polar surface area (TPSA) is 63.8 Å². The van der Waals surface area contributed by atoms with Gasteiger partial charge in [-0.15, -0.1) is 0 Å². The molecule has 2 rings (SSSR count). The predicted molar refractivity (Wildman–Crippen MR) is 56.4 cm³/mol. The number of fused-ring (bicyclic) bond motifs is 1. The molecular formula is C9H7BrN2O3. The SMILES string of the molecule is COc1cc2c(C(=O)O)cnn2cc1Br. The molecule has 0 saturated heterocycles. The third-order valence-electron chi connectivity index (χ3n) is 2.02. The van der Waals surface area contributed by atoms with Gasteiger partial charge in [-0.25, -0.2) is 9.31 Å². The van der Waals surface area contributed by atoms with E-state index in [1.807, 2.05) is 0 Å². The molecule has 0 fully saturated rings. The number of carboxylic acids is 1. The average Bonchev–Trinajstić information content (AvgIpc) is 2.59. The van der Waals surface area contributed by atoms with Crippen molar-refractivity contribution >= 4 is 27.4 Å². The standard InChI is InChI=1S/C9H7BrN2O3/c1-15-8-2-7-5(9(13)14)3-11-12(7)4-6(8)10/h2-4H,1H3,(H,13,14). The molecule has 0 atom stereocenters. The van der Waals surface area contributed by atoms with Crippen molar-refractivity contribution in [2.45, 2.75) is 0 Å². The monoisotopic (exact) mass is 270 g/mol. The fourth-order valence-electron chi connectivity index (χ4n) is 1.30. The fraction of sp³-hybridized carbons (Fsp3) is 0.111. The summed E-state index contributed by atoms with van der Waals surface area (Å²) in [6.45, 7) is 0. The van der Waals surface area contributed by atoms with E-state index in [9.17, 15) is 4.79 Å². The van der Waals surface area contributed by atoms with Gasteiger partial charge in [0.2, 0.25) is 0 Å². The number of carbonyl (C=O) groups is 1. The van der Waals surface area contributed by atoms with Gasteiger partial charge >= 0.3 is 5.97 Å². The van der Waals surface area contributed by atoms with Crippen LogP contribution in [0.25, 0.3) is 5.52 Å². The van der Waals surface area contributed by atoms with Crippen molar-refractivity contribution in [2.75, 3.05) is 7.11 Å². The summed E-state index contributed by atoms with van der Waals surface area (Å²) < 4.78 is 7.28. The van der Waals surface area contributed by atoms with Gasteiger partial charge in [0.05, 0.1) is 23.3 Å². The van der Waals surface area contributed by atoms with Gasteiger partial charge in [0.25, 0.3) is 0 Å². The van der Waals surface area contributed by atoms with Crippen LogP contribution in [0.2, 0.25) is 0 Å². The van der Waals surface area contributed by atoms with Crippen LogP contribution in [0.5, 0.6) is 5.75 Å². The number of carboxylic acid groups (broad SMARTS) is 1. The number of nitrogens with zero attached hydrogens (tertiary/aromatic N) is 2. The highest BCUT2D eigenvalue weighted by atomic mass is 79.9. The third kappa shape index (κ3) is 1.56. The first-order valence-electron chi connectivity index (χ1n) is 4.07. The Kier molecular flexibility index (Phi) is 2.36. The van der Waals surface area contributed by atoms with E-state index in [-0.39, 0.29) is 5.56 Å². The number of methoxy groups -OCH3 is 1. The molecule has 0 radical (unpaired) electrons. The van der Waals surface area contributed by atoms with Crippen LogP contribution >= 0.6 is 15.9 Å². The lowest BCUT2D eigenvalue weighted by Gasteiger charge is -2.03. The second kappa shape index (κ2) is 3.54. The van der Waals surface area contributed by atoms with Crippen molar-refractivity contribution in [2.24, 2.45) is 0 Å². The van der Waals surface area contributed by atoms with Crippen LogP contribution < -0.4 is 4.74 Å². The second-order valence-corrected chi connectivity index (χ2v) is 3.74. The number of aromatic nitrogens is 2. The van der Waals surface area contributed by atoms with E-state index in [1.54, 1.807) is 12.3 Å². The Labute approximate surface area is 93.4 Å². The highest BCUT2D eigenvalue weighted by Gasteiger charge is 2.13. The van der Waals surface area contributed by atoms with Crippen molar-refractivity contribution in [3.63, 3.8) is 0 Å². The van der Waals surface area contributed by atoms with Gasteiger partial charge in [0, 0.05) is 12.3 Å². The first-order chi connectivity index (χ1) is 7.13. The summed E-state index contributed by atoms with van der Waals surface area (Å²) >= 11 is 3.29. The normalized spacial score (nSPS) is 10.5. The van der Waals surface area contributed by atoms with Crippen molar-refractivity contribution in [1.29, 1.82) is 0 Å². The molecule has 0 aliphatic heterocycles. The quantitative estimate of drug-likeness (QED) is 0.904. The van der Waals surface area contributed by atoms with Crippen LogP contribution in [0, 0.1) is 0 Å². The van der Waals surface area contributed by atoms with E-state index < -0.39 is 5.97 Å². The minimum Gasteiger partial charge on any atom is -0.495 e. The van der Waals surface area contributed by atoms with Gasteiger partial charge in [-0.05, 0) is 15.9 Å². The number of rotatable bonds is 2. The van der Waals surface area contributed by atoms with Crippen molar-refractivity contribution in [1.82, 2.24) is 9.61 Å². The highest BCUT2D eigenvalue weighted by Crippen LogP contribution is 2.27. The molecule has 15 heavy (non-hydrogen) atoms. The van der Waals surface area contributed by atoms with Gasteiger partial charge in [0.15, 0.2) is 0 Å².